The van der Waals surface area contributed by atoms with Crippen LogP contribution in [0.3, 0.4) is 0 Å². The van der Waals surface area contributed by atoms with Crippen LogP contribution < -0.4 is 5.32 Å². The Morgan fingerprint density at radius 3 is 2.40 bits per heavy atom. The second kappa shape index (κ2) is 6.96. The van der Waals surface area contributed by atoms with Gasteiger partial charge in [-0.15, -0.1) is 6.42 Å². The number of hydrogen-bond donors (Lipinski definition) is 2. The second-order valence-corrected chi connectivity index (χ2v) is 5.10. The van der Waals surface area contributed by atoms with E-state index in [1.807, 2.05) is 13.8 Å². The summed E-state index contributed by atoms with van der Waals surface area (Å²) in [7, 11) is 0. The maximum Gasteiger partial charge on any atom is 0.323 e. The molecule has 0 aromatic heterocycles. The Bertz CT molecular complexity index is 555. The lowest BCUT2D eigenvalue weighted by molar-refractivity contribution is -0.137. The molecule has 2 N–H and O–H groups in total. The van der Waals surface area contributed by atoms with Crippen LogP contribution in [0.5, 0.6) is 0 Å². The summed E-state index contributed by atoms with van der Waals surface area (Å²) in [4.78, 5) is 23.7. The lowest BCUT2D eigenvalue weighted by Gasteiger charge is -2.19. The smallest absolute Gasteiger partial charge is 0.323 e. The summed E-state index contributed by atoms with van der Waals surface area (Å²) >= 11 is 3.44. The van der Waals surface area contributed by atoms with Gasteiger partial charge in [0, 0.05) is 10.2 Å². The number of rotatable bonds is 4. The van der Waals surface area contributed by atoms with Crippen LogP contribution in [0.1, 0.15) is 11.1 Å². The SMILES string of the molecule is C#CCN(CC(=O)O)C(=O)Nc1cc(C)c(Br)c(C)c1. The Kier molecular flexibility index (Phi) is 5.59. The lowest BCUT2D eigenvalue weighted by Crippen LogP contribution is -2.39. The van der Waals surface area contributed by atoms with E-state index in [0.29, 0.717) is 5.69 Å². The van der Waals surface area contributed by atoms with Crippen LogP contribution in [0.2, 0.25) is 0 Å². The number of hydrogen-bond acceptors (Lipinski definition) is 2. The zero-order valence-electron chi connectivity index (χ0n) is 11.2. The van der Waals surface area contributed by atoms with Gasteiger partial charge in [0.25, 0.3) is 0 Å². The molecule has 0 saturated heterocycles. The van der Waals surface area contributed by atoms with Gasteiger partial charge in [-0.3, -0.25) is 4.79 Å². The third-order valence-electron chi connectivity index (χ3n) is 2.58. The maximum absolute atomic E-state index is 12.0. The van der Waals surface area contributed by atoms with Crippen LogP contribution in [0, 0.1) is 26.2 Å². The molecule has 0 radical (unpaired) electrons. The summed E-state index contributed by atoms with van der Waals surface area (Å²) in [5.41, 5.74) is 2.55. The van der Waals surface area contributed by atoms with Crippen molar-refractivity contribution in [2.45, 2.75) is 13.8 Å². The fraction of sp³-hybridized carbons (Fsp3) is 0.286. The molecule has 1 rings (SSSR count). The monoisotopic (exact) mass is 338 g/mol. The number of halogens is 1. The summed E-state index contributed by atoms with van der Waals surface area (Å²) < 4.78 is 0.974. The number of urea groups is 1. The van der Waals surface area contributed by atoms with Crippen LogP contribution in [0.15, 0.2) is 16.6 Å². The molecule has 0 fully saturated rings. The minimum Gasteiger partial charge on any atom is -0.480 e. The molecule has 0 heterocycles. The van der Waals surface area contributed by atoms with Gasteiger partial charge in [0.2, 0.25) is 0 Å². The number of benzene rings is 1. The molecule has 6 heteroatoms. The molecule has 0 bridgehead atoms. The Labute approximate surface area is 126 Å². The van der Waals surface area contributed by atoms with E-state index in [9.17, 15) is 9.59 Å². The van der Waals surface area contributed by atoms with Crippen molar-refractivity contribution in [3.05, 3.63) is 27.7 Å². The number of nitrogens with one attached hydrogen (secondary N) is 1. The largest absolute Gasteiger partial charge is 0.480 e. The Morgan fingerprint density at radius 2 is 1.95 bits per heavy atom. The van der Waals surface area contributed by atoms with Gasteiger partial charge in [0.05, 0.1) is 6.54 Å². The molecule has 20 heavy (non-hydrogen) atoms. The van der Waals surface area contributed by atoms with Gasteiger partial charge in [-0.25, -0.2) is 4.79 Å². The number of carbonyl (C=O) groups excluding carboxylic acids is 1. The standard InChI is InChI=1S/C14H15BrN2O3/c1-4-5-17(8-12(18)19)14(20)16-11-6-9(2)13(15)10(3)7-11/h1,6-7H,5,8H2,2-3H3,(H,16,20)(H,18,19). The molecule has 106 valence electrons. The minimum atomic E-state index is -1.11. The van der Waals surface area contributed by atoms with Crippen LogP contribution in [-0.2, 0) is 4.79 Å². The highest BCUT2D eigenvalue weighted by Crippen LogP contribution is 2.25. The molecular formula is C14H15BrN2O3. The van der Waals surface area contributed by atoms with Crippen molar-refractivity contribution in [2.75, 3.05) is 18.4 Å². The first kappa shape index (κ1) is 16.1. The van der Waals surface area contributed by atoms with Crippen molar-refractivity contribution >= 4 is 33.6 Å². The third-order valence-corrected chi connectivity index (χ3v) is 3.83. The first-order valence-electron chi connectivity index (χ1n) is 5.83. The first-order chi connectivity index (χ1) is 9.35. The zero-order valence-corrected chi connectivity index (χ0v) is 12.8. The second-order valence-electron chi connectivity index (χ2n) is 4.31. The molecule has 1 aromatic rings. The van der Waals surface area contributed by atoms with E-state index in [1.54, 1.807) is 12.1 Å². The number of nitrogens with zero attached hydrogens (tertiary/aromatic N) is 1. The molecule has 0 aliphatic rings. The van der Waals surface area contributed by atoms with Crippen molar-refractivity contribution in [1.29, 1.82) is 0 Å². The van der Waals surface area contributed by atoms with Crippen molar-refractivity contribution < 1.29 is 14.7 Å². The molecule has 5 nitrogen and oxygen atoms in total. The van der Waals surface area contributed by atoms with Crippen molar-refractivity contribution in [2.24, 2.45) is 0 Å². The van der Waals surface area contributed by atoms with Gasteiger partial charge >= 0.3 is 12.0 Å². The summed E-state index contributed by atoms with van der Waals surface area (Å²) in [6, 6.07) is 3.06. The molecule has 0 aliphatic heterocycles. The zero-order chi connectivity index (χ0) is 15.3. The van der Waals surface area contributed by atoms with Gasteiger partial charge in [-0.05, 0) is 37.1 Å². The normalized spacial score (nSPS) is 9.70. The van der Waals surface area contributed by atoms with Crippen LogP contribution >= 0.6 is 15.9 Å². The first-order valence-corrected chi connectivity index (χ1v) is 6.62. The average molecular weight is 339 g/mol. The molecule has 2 amide bonds. The van der Waals surface area contributed by atoms with E-state index in [1.165, 1.54) is 0 Å². The summed E-state index contributed by atoms with van der Waals surface area (Å²) in [5, 5.41) is 11.4. The number of carbonyl (C=O) groups is 2. The van der Waals surface area contributed by atoms with Crippen LogP contribution in [0.4, 0.5) is 10.5 Å². The molecule has 0 atom stereocenters. The Hall–Kier alpha value is -2.00. The van der Waals surface area contributed by atoms with Crippen molar-refractivity contribution in [3.8, 4) is 12.3 Å². The molecule has 0 spiro atoms. The molecular weight excluding hydrogens is 324 g/mol. The number of anilines is 1. The quantitative estimate of drug-likeness (QED) is 0.829. The lowest BCUT2D eigenvalue weighted by atomic mass is 10.1. The van der Waals surface area contributed by atoms with Crippen LogP contribution in [-0.4, -0.2) is 35.1 Å². The number of carboxylic acid groups (broad SMARTS) is 1. The number of terminal acetylenes is 1. The highest BCUT2D eigenvalue weighted by atomic mass is 79.9. The van der Waals surface area contributed by atoms with Crippen LogP contribution in [0.25, 0.3) is 0 Å². The van der Waals surface area contributed by atoms with E-state index < -0.39 is 18.5 Å². The van der Waals surface area contributed by atoms with E-state index in [4.69, 9.17) is 11.5 Å². The number of carboxylic acids is 1. The minimum absolute atomic E-state index is 0.0629. The molecule has 0 saturated carbocycles. The Morgan fingerprint density at radius 1 is 1.40 bits per heavy atom. The van der Waals surface area contributed by atoms with Gasteiger partial charge in [-0.1, -0.05) is 21.9 Å². The highest BCUT2D eigenvalue weighted by Gasteiger charge is 2.16. The highest BCUT2D eigenvalue weighted by molar-refractivity contribution is 9.10. The molecule has 0 unspecified atom stereocenters. The number of aryl methyl sites for hydroxylation is 2. The van der Waals surface area contributed by atoms with E-state index >= 15 is 0 Å². The van der Waals surface area contributed by atoms with E-state index in [0.717, 1.165) is 20.5 Å². The summed E-state index contributed by atoms with van der Waals surface area (Å²) in [5.74, 6) is 1.15. The molecule has 1 aromatic carbocycles. The average Bonchev–Trinajstić information content (AvgIpc) is 2.34. The maximum atomic E-state index is 12.0. The number of aliphatic carboxylic acids is 1. The fourth-order valence-corrected chi connectivity index (χ4v) is 1.92. The number of amides is 2. The van der Waals surface area contributed by atoms with Crippen molar-refractivity contribution in [1.82, 2.24) is 4.90 Å². The Balaban J connectivity index is 2.88. The fourth-order valence-electron chi connectivity index (χ4n) is 1.69. The summed E-state index contributed by atoms with van der Waals surface area (Å²) in [6.07, 6.45) is 5.13. The van der Waals surface area contributed by atoms with E-state index in [-0.39, 0.29) is 6.54 Å². The molecule has 0 aliphatic carbocycles. The third kappa shape index (κ3) is 4.28. The van der Waals surface area contributed by atoms with Gasteiger partial charge in [-0.2, -0.15) is 0 Å². The van der Waals surface area contributed by atoms with Gasteiger partial charge in [0.15, 0.2) is 0 Å². The van der Waals surface area contributed by atoms with Crippen molar-refractivity contribution in [3.63, 3.8) is 0 Å². The predicted octanol–water partition coefficient (Wildman–Crippen LogP) is 2.62. The van der Waals surface area contributed by atoms with Gasteiger partial charge in [0.1, 0.15) is 6.54 Å². The van der Waals surface area contributed by atoms with E-state index in [2.05, 4.69) is 27.2 Å². The summed E-state index contributed by atoms with van der Waals surface area (Å²) in [6.45, 7) is 3.31. The predicted molar refractivity (Wildman–Crippen MR) is 80.7 cm³/mol. The topological polar surface area (TPSA) is 69.6 Å². The van der Waals surface area contributed by atoms with Gasteiger partial charge < -0.3 is 15.3 Å².